The molecule has 0 spiro atoms. The van der Waals surface area contributed by atoms with E-state index in [4.69, 9.17) is 0 Å². The Labute approximate surface area is 89.1 Å². The Morgan fingerprint density at radius 2 is 2.00 bits per heavy atom. The van der Waals surface area contributed by atoms with Crippen LogP contribution in [0.2, 0.25) is 0 Å². The first kappa shape index (κ1) is 12.0. The average molecular weight is 198 g/mol. The smallest absolute Gasteiger partial charge is 0.00979 e. The molecule has 0 bridgehead atoms. The molecule has 1 rings (SSSR count). The van der Waals surface area contributed by atoms with Gasteiger partial charge in [-0.2, -0.15) is 0 Å². The molecule has 1 unspecified atom stereocenters. The van der Waals surface area contributed by atoms with Gasteiger partial charge in [0, 0.05) is 12.1 Å². The molecule has 2 heteroatoms. The molecule has 14 heavy (non-hydrogen) atoms. The van der Waals surface area contributed by atoms with Gasteiger partial charge in [-0.1, -0.05) is 19.8 Å². The number of nitrogens with one attached hydrogen (secondary N) is 1. The molecule has 1 aliphatic rings. The summed E-state index contributed by atoms with van der Waals surface area (Å²) >= 11 is 0. The summed E-state index contributed by atoms with van der Waals surface area (Å²) in [4.78, 5) is 2.70. The molecule has 0 amide bonds. The van der Waals surface area contributed by atoms with Crippen molar-refractivity contribution >= 4 is 0 Å². The molecule has 84 valence electrons. The zero-order chi connectivity index (χ0) is 10.4. The molecule has 1 aliphatic carbocycles. The molecule has 2 nitrogen and oxygen atoms in total. The molecule has 0 saturated heterocycles. The Hall–Kier alpha value is -0.0800. The van der Waals surface area contributed by atoms with Gasteiger partial charge < -0.3 is 5.32 Å². The maximum atomic E-state index is 3.24. The van der Waals surface area contributed by atoms with Gasteiger partial charge in [-0.15, -0.1) is 0 Å². The van der Waals surface area contributed by atoms with E-state index in [1.165, 1.54) is 38.6 Å². The van der Waals surface area contributed by atoms with Crippen molar-refractivity contribution < 1.29 is 0 Å². The zero-order valence-electron chi connectivity index (χ0n) is 10.1. The number of rotatable bonds is 6. The second-order valence-corrected chi connectivity index (χ2v) is 4.51. The van der Waals surface area contributed by atoms with E-state index < -0.39 is 0 Å². The van der Waals surface area contributed by atoms with E-state index in [9.17, 15) is 0 Å². The van der Waals surface area contributed by atoms with E-state index >= 15 is 0 Å². The van der Waals surface area contributed by atoms with E-state index in [1.54, 1.807) is 0 Å². The summed E-state index contributed by atoms with van der Waals surface area (Å²) in [7, 11) is 2.04. The second kappa shape index (κ2) is 6.41. The predicted octanol–water partition coefficient (Wildman–Crippen LogP) is 2.25. The van der Waals surface area contributed by atoms with Crippen LogP contribution in [0, 0.1) is 0 Å². The molecule has 0 radical (unpaired) electrons. The average Bonchev–Trinajstić information content (AvgIpc) is 2.69. The van der Waals surface area contributed by atoms with E-state index in [2.05, 4.69) is 24.1 Å². The molecule has 1 saturated carbocycles. The van der Waals surface area contributed by atoms with Crippen LogP contribution in [0.1, 0.15) is 46.0 Å². The fourth-order valence-corrected chi connectivity index (χ4v) is 2.68. The molecule has 0 aromatic heterocycles. The maximum Gasteiger partial charge on any atom is 0.00979 e. The van der Waals surface area contributed by atoms with Gasteiger partial charge >= 0.3 is 0 Å². The summed E-state index contributed by atoms with van der Waals surface area (Å²) < 4.78 is 0. The van der Waals surface area contributed by atoms with Crippen molar-refractivity contribution in [2.45, 2.75) is 58.0 Å². The van der Waals surface area contributed by atoms with E-state index in [1.807, 2.05) is 7.05 Å². The van der Waals surface area contributed by atoms with Crippen molar-refractivity contribution in [3.8, 4) is 0 Å². The van der Waals surface area contributed by atoms with Crippen LogP contribution in [0.3, 0.4) is 0 Å². The number of hydrogen-bond donors (Lipinski definition) is 1. The minimum Gasteiger partial charge on any atom is -0.320 e. The standard InChI is InChI=1S/C12H26N2/c1-4-14(11(2)9-10-13-3)12-7-5-6-8-12/h11-13H,4-10H2,1-3H3. The number of hydrogen-bond acceptors (Lipinski definition) is 2. The maximum absolute atomic E-state index is 3.24. The Balaban J connectivity index is 2.34. The third-order valence-electron chi connectivity index (χ3n) is 3.54. The quantitative estimate of drug-likeness (QED) is 0.704. The highest BCUT2D eigenvalue weighted by Gasteiger charge is 2.24. The number of nitrogens with zero attached hydrogens (tertiary/aromatic N) is 1. The third kappa shape index (κ3) is 3.25. The molecule has 0 heterocycles. The van der Waals surface area contributed by atoms with Gasteiger partial charge in [0.25, 0.3) is 0 Å². The SMILES string of the molecule is CCN(C(C)CCNC)C1CCCC1. The van der Waals surface area contributed by atoms with Crippen LogP contribution in [0.5, 0.6) is 0 Å². The van der Waals surface area contributed by atoms with Gasteiger partial charge in [0.1, 0.15) is 0 Å². The van der Waals surface area contributed by atoms with Gasteiger partial charge in [0.2, 0.25) is 0 Å². The van der Waals surface area contributed by atoms with E-state index in [0.29, 0.717) is 0 Å². The van der Waals surface area contributed by atoms with Crippen molar-refractivity contribution in [1.29, 1.82) is 0 Å². The monoisotopic (exact) mass is 198 g/mol. The summed E-state index contributed by atoms with van der Waals surface area (Å²) in [6.45, 7) is 7.04. The van der Waals surface area contributed by atoms with Crippen molar-refractivity contribution in [3.05, 3.63) is 0 Å². The lowest BCUT2D eigenvalue weighted by Gasteiger charge is -2.33. The van der Waals surface area contributed by atoms with Crippen molar-refractivity contribution in [2.75, 3.05) is 20.1 Å². The Bertz CT molecular complexity index is 141. The minimum atomic E-state index is 0.746. The van der Waals surface area contributed by atoms with Gasteiger partial charge in [0.05, 0.1) is 0 Å². The van der Waals surface area contributed by atoms with E-state index in [-0.39, 0.29) is 0 Å². The molecule has 0 aromatic rings. The molecular weight excluding hydrogens is 172 g/mol. The van der Waals surface area contributed by atoms with E-state index in [0.717, 1.165) is 18.6 Å². The van der Waals surface area contributed by atoms with Crippen LogP contribution in [0.25, 0.3) is 0 Å². The lowest BCUT2D eigenvalue weighted by molar-refractivity contribution is 0.147. The molecular formula is C12H26N2. The topological polar surface area (TPSA) is 15.3 Å². The van der Waals surface area contributed by atoms with Crippen LogP contribution >= 0.6 is 0 Å². The fraction of sp³-hybridized carbons (Fsp3) is 1.00. The summed E-state index contributed by atoms with van der Waals surface area (Å²) in [5, 5.41) is 3.24. The lowest BCUT2D eigenvalue weighted by Crippen LogP contribution is -2.41. The largest absolute Gasteiger partial charge is 0.320 e. The van der Waals surface area contributed by atoms with Gasteiger partial charge in [-0.3, -0.25) is 4.90 Å². The first-order chi connectivity index (χ1) is 6.79. The summed E-state index contributed by atoms with van der Waals surface area (Å²) in [5.74, 6) is 0. The Morgan fingerprint density at radius 3 is 2.50 bits per heavy atom. The normalized spacial score (nSPS) is 20.6. The van der Waals surface area contributed by atoms with Crippen LogP contribution in [0.4, 0.5) is 0 Å². The molecule has 1 fully saturated rings. The van der Waals surface area contributed by atoms with Gasteiger partial charge in [0.15, 0.2) is 0 Å². The first-order valence-corrected chi connectivity index (χ1v) is 6.20. The zero-order valence-corrected chi connectivity index (χ0v) is 10.1. The van der Waals surface area contributed by atoms with Crippen molar-refractivity contribution in [2.24, 2.45) is 0 Å². The van der Waals surface area contributed by atoms with Crippen LogP contribution in [0.15, 0.2) is 0 Å². The fourth-order valence-electron chi connectivity index (χ4n) is 2.68. The van der Waals surface area contributed by atoms with Crippen LogP contribution < -0.4 is 5.32 Å². The Kier molecular flexibility index (Phi) is 5.49. The van der Waals surface area contributed by atoms with Gasteiger partial charge in [-0.05, 0) is 46.3 Å². The minimum absolute atomic E-state index is 0.746. The van der Waals surface area contributed by atoms with Gasteiger partial charge in [-0.25, -0.2) is 0 Å². The van der Waals surface area contributed by atoms with Crippen molar-refractivity contribution in [3.63, 3.8) is 0 Å². The predicted molar refractivity (Wildman–Crippen MR) is 62.6 cm³/mol. The lowest BCUT2D eigenvalue weighted by atomic mass is 10.1. The molecule has 0 aromatic carbocycles. The van der Waals surface area contributed by atoms with Crippen LogP contribution in [-0.2, 0) is 0 Å². The summed E-state index contributed by atoms with van der Waals surface area (Å²) in [6.07, 6.45) is 7.02. The molecule has 0 aliphatic heterocycles. The molecule has 1 atom stereocenters. The third-order valence-corrected chi connectivity index (χ3v) is 3.54. The van der Waals surface area contributed by atoms with Crippen LogP contribution in [-0.4, -0.2) is 37.1 Å². The highest BCUT2D eigenvalue weighted by atomic mass is 15.2. The molecule has 1 N–H and O–H groups in total. The first-order valence-electron chi connectivity index (χ1n) is 6.20. The highest BCUT2D eigenvalue weighted by Crippen LogP contribution is 2.25. The van der Waals surface area contributed by atoms with Crippen molar-refractivity contribution in [1.82, 2.24) is 10.2 Å². The summed E-state index contributed by atoms with van der Waals surface area (Å²) in [6, 6.07) is 1.63. The summed E-state index contributed by atoms with van der Waals surface area (Å²) in [5.41, 5.74) is 0. The highest BCUT2D eigenvalue weighted by molar-refractivity contribution is 4.80. The second-order valence-electron chi connectivity index (χ2n) is 4.51. The Morgan fingerprint density at radius 1 is 1.36 bits per heavy atom.